The van der Waals surface area contributed by atoms with Crippen LogP contribution < -0.4 is 10.6 Å². The van der Waals surface area contributed by atoms with Gasteiger partial charge in [0.15, 0.2) is 5.96 Å². The lowest BCUT2D eigenvalue weighted by Crippen LogP contribution is -2.43. The first kappa shape index (κ1) is 18.6. The number of nitrogens with one attached hydrogen (secondary N) is 2. The average molecular weight is 423 g/mol. The minimum atomic E-state index is 0. The molecule has 1 aliphatic heterocycles. The highest BCUT2D eigenvalue weighted by atomic mass is 127. The first-order valence-corrected chi connectivity index (χ1v) is 7.99. The molecule has 1 atom stereocenters. The molecule has 0 aromatic carbocycles. The Bertz CT molecular complexity index is 454. The maximum Gasteiger partial charge on any atom is 0.191 e. The number of aliphatic imine (C=N–C) groups is 1. The van der Waals surface area contributed by atoms with Crippen LogP contribution in [0, 0.1) is 13.8 Å². The van der Waals surface area contributed by atoms with Gasteiger partial charge in [0.1, 0.15) is 5.01 Å². The summed E-state index contributed by atoms with van der Waals surface area (Å²) < 4.78 is 0. The molecule has 1 unspecified atom stereocenters. The zero-order chi connectivity index (χ0) is 14.5. The summed E-state index contributed by atoms with van der Waals surface area (Å²) in [4.78, 5) is 12.5. The number of hydrogen-bond donors (Lipinski definition) is 2. The number of likely N-dealkylation sites (N-methyl/N-ethyl adjacent to an activating group) is 1. The van der Waals surface area contributed by atoms with E-state index in [-0.39, 0.29) is 24.0 Å². The second kappa shape index (κ2) is 8.89. The number of guanidine groups is 1. The van der Waals surface area contributed by atoms with Gasteiger partial charge in [0.2, 0.25) is 0 Å². The second-order valence-corrected chi connectivity index (χ2v) is 6.62. The quantitative estimate of drug-likeness (QED) is 0.443. The normalized spacial score (nSPS) is 19.4. The van der Waals surface area contributed by atoms with Crippen LogP contribution in [0.15, 0.2) is 4.99 Å². The average Bonchev–Trinajstić information content (AvgIpc) is 2.97. The van der Waals surface area contributed by atoms with Crippen molar-refractivity contribution in [1.29, 1.82) is 0 Å². The van der Waals surface area contributed by atoms with Crippen LogP contribution >= 0.6 is 35.3 Å². The predicted molar refractivity (Wildman–Crippen MR) is 101 cm³/mol. The summed E-state index contributed by atoms with van der Waals surface area (Å²) in [5.41, 5.74) is 1.13. The van der Waals surface area contributed by atoms with Gasteiger partial charge in [-0.15, -0.1) is 35.3 Å². The monoisotopic (exact) mass is 423 g/mol. The number of nitrogens with zero attached hydrogens (tertiary/aromatic N) is 3. The van der Waals surface area contributed by atoms with Gasteiger partial charge in [0, 0.05) is 24.5 Å². The summed E-state index contributed by atoms with van der Waals surface area (Å²) >= 11 is 1.75. The molecular weight excluding hydrogens is 397 g/mol. The van der Waals surface area contributed by atoms with Crippen molar-refractivity contribution in [2.75, 3.05) is 27.2 Å². The molecule has 5 nitrogen and oxygen atoms in total. The maximum absolute atomic E-state index is 4.53. The van der Waals surface area contributed by atoms with Gasteiger partial charge in [-0.05, 0) is 40.3 Å². The molecule has 1 aromatic heterocycles. The van der Waals surface area contributed by atoms with Crippen molar-refractivity contribution in [3.63, 3.8) is 0 Å². The van der Waals surface area contributed by atoms with E-state index in [0.29, 0.717) is 6.04 Å². The summed E-state index contributed by atoms with van der Waals surface area (Å²) in [6.07, 6.45) is 2.57. The second-order valence-electron chi connectivity index (χ2n) is 5.33. The van der Waals surface area contributed by atoms with Crippen molar-refractivity contribution in [2.45, 2.75) is 39.3 Å². The maximum atomic E-state index is 4.53. The van der Waals surface area contributed by atoms with Crippen LogP contribution in [-0.2, 0) is 6.54 Å². The van der Waals surface area contributed by atoms with Crippen molar-refractivity contribution in [3.05, 3.63) is 15.6 Å². The SMILES string of the molecule is CN=C(NCc1nc(C)c(C)s1)NCC1CCCN1C.I. The third kappa shape index (κ3) is 5.37. The first-order valence-electron chi connectivity index (χ1n) is 7.18. The third-order valence-corrected chi connectivity index (χ3v) is 4.95. The molecule has 0 bridgehead atoms. The molecule has 1 fully saturated rings. The molecule has 0 spiro atoms. The van der Waals surface area contributed by atoms with Gasteiger partial charge in [-0.25, -0.2) is 4.98 Å². The largest absolute Gasteiger partial charge is 0.355 e. The lowest BCUT2D eigenvalue weighted by atomic mass is 10.2. The van der Waals surface area contributed by atoms with Gasteiger partial charge in [0.05, 0.1) is 12.2 Å². The molecule has 2 N–H and O–H groups in total. The van der Waals surface area contributed by atoms with E-state index >= 15 is 0 Å². The first-order chi connectivity index (χ1) is 9.60. The Morgan fingerprint density at radius 1 is 1.43 bits per heavy atom. The molecule has 2 rings (SSSR count). The van der Waals surface area contributed by atoms with Gasteiger partial charge in [0.25, 0.3) is 0 Å². The lowest BCUT2D eigenvalue weighted by Gasteiger charge is -2.21. The van der Waals surface area contributed by atoms with E-state index in [1.165, 1.54) is 24.3 Å². The number of aryl methyl sites for hydroxylation is 2. The van der Waals surface area contributed by atoms with E-state index < -0.39 is 0 Å². The number of halogens is 1. The standard InChI is InChI=1S/C14H25N5S.HI/c1-10-11(2)20-13(18-10)9-17-14(15-3)16-8-12-6-5-7-19(12)4;/h12H,5-9H2,1-4H3,(H2,15,16,17);1H. The molecular formula is C14H26IN5S. The Labute approximate surface area is 148 Å². The highest BCUT2D eigenvalue weighted by molar-refractivity contribution is 14.0. The van der Waals surface area contributed by atoms with E-state index in [9.17, 15) is 0 Å². The summed E-state index contributed by atoms with van der Waals surface area (Å²) in [5, 5.41) is 7.85. The van der Waals surface area contributed by atoms with E-state index in [0.717, 1.165) is 29.8 Å². The van der Waals surface area contributed by atoms with E-state index in [4.69, 9.17) is 0 Å². The van der Waals surface area contributed by atoms with E-state index in [2.05, 4.69) is 46.4 Å². The Morgan fingerprint density at radius 2 is 2.19 bits per heavy atom. The van der Waals surface area contributed by atoms with Crippen LogP contribution in [0.3, 0.4) is 0 Å². The summed E-state index contributed by atoms with van der Waals surface area (Å²) in [6.45, 7) is 7.06. The Balaban J connectivity index is 0.00000220. The number of hydrogen-bond acceptors (Lipinski definition) is 4. The Hall–Kier alpha value is -0.410. The number of rotatable bonds is 4. The Kier molecular flexibility index (Phi) is 7.89. The van der Waals surface area contributed by atoms with Crippen molar-refractivity contribution in [1.82, 2.24) is 20.5 Å². The van der Waals surface area contributed by atoms with Crippen LogP contribution in [0.5, 0.6) is 0 Å². The number of aromatic nitrogens is 1. The molecule has 21 heavy (non-hydrogen) atoms. The number of likely N-dealkylation sites (tertiary alicyclic amines) is 1. The van der Waals surface area contributed by atoms with Gasteiger partial charge >= 0.3 is 0 Å². The van der Waals surface area contributed by atoms with Crippen molar-refractivity contribution < 1.29 is 0 Å². The highest BCUT2D eigenvalue weighted by Crippen LogP contribution is 2.16. The fourth-order valence-corrected chi connectivity index (χ4v) is 3.32. The summed E-state index contributed by atoms with van der Waals surface area (Å²) in [7, 11) is 4.00. The van der Waals surface area contributed by atoms with Crippen LogP contribution in [0.4, 0.5) is 0 Å². The lowest BCUT2D eigenvalue weighted by molar-refractivity contribution is 0.309. The van der Waals surface area contributed by atoms with Gasteiger partial charge < -0.3 is 15.5 Å². The minimum Gasteiger partial charge on any atom is -0.355 e. The molecule has 0 amide bonds. The van der Waals surface area contributed by atoms with Gasteiger partial charge in [-0.1, -0.05) is 0 Å². The van der Waals surface area contributed by atoms with Crippen molar-refractivity contribution >= 4 is 41.3 Å². The summed E-state index contributed by atoms with van der Waals surface area (Å²) in [5.74, 6) is 0.857. The van der Waals surface area contributed by atoms with Crippen LogP contribution in [0.2, 0.25) is 0 Å². The van der Waals surface area contributed by atoms with E-state index in [1.54, 1.807) is 11.3 Å². The minimum absolute atomic E-state index is 0. The molecule has 120 valence electrons. The fraction of sp³-hybridized carbons (Fsp3) is 0.714. The third-order valence-electron chi connectivity index (χ3n) is 3.88. The molecule has 1 aliphatic rings. The fourth-order valence-electron chi connectivity index (χ4n) is 2.45. The van der Waals surface area contributed by atoms with Crippen molar-refractivity contribution in [2.24, 2.45) is 4.99 Å². The van der Waals surface area contributed by atoms with E-state index in [1.807, 2.05) is 7.05 Å². The predicted octanol–water partition coefficient (Wildman–Crippen LogP) is 2.14. The smallest absolute Gasteiger partial charge is 0.191 e. The van der Waals surface area contributed by atoms with Crippen LogP contribution in [-0.4, -0.2) is 49.1 Å². The molecule has 0 aliphatic carbocycles. The molecule has 0 radical (unpaired) electrons. The topological polar surface area (TPSA) is 52.6 Å². The number of thiazole rings is 1. The van der Waals surface area contributed by atoms with Gasteiger partial charge in [-0.3, -0.25) is 4.99 Å². The van der Waals surface area contributed by atoms with Crippen LogP contribution in [0.1, 0.15) is 28.4 Å². The van der Waals surface area contributed by atoms with Crippen LogP contribution in [0.25, 0.3) is 0 Å². The molecule has 1 aromatic rings. The van der Waals surface area contributed by atoms with Gasteiger partial charge in [-0.2, -0.15) is 0 Å². The zero-order valence-corrected chi connectivity index (χ0v) is 16.4. The molecule has 7 heteroatoms. The van der Waals surface area contributed by atoms with Crippen molar-refractivity contribution in [3.8, 4) is 0 Å². The Morgan fingerprint density at radius 3 is 2.71 bits per heavy atom. The summed E-state index contributed by atoms with van der Waals surface area (Å²) in [6, 6.07) is 0.623. The molecule has 1 saturated heterocycles. The molecule has 0 saturated carbocycles. The highest BCUT2D eigenvalue weighted by Gasteiger charge is 2.20. The zero-order valence-electron chi connectivity index (χ0n) is 13.3. The molecule has 2 heterocycles.